The first-order chi connectivity index (χ1) is 9.33. The molecule has 0 aliphatic heterocycles. The van der Waals surface area contributed by atoms with E-state index in [-0.39, 0.29) is 6.04 Å². The highest BCUT2D eigenvalue weighted by atomic mass is 14.9. The first-order valence-electron chi connectivity index (χ1n) is 6.00. The van der Waals surface area contributed by atoms with Gasteiger partial charge in [-0.3, -0.25) is 5.32 Å². The molecule has 0 aliphatic rings. The molecule has 1 unspecified atom stereocenters. The molecule has 3 heteroatoms. The van der Waals surface area contributed by atoms with E-state index in [2.05, 4.69) is 17.5 Å². The minimum Gasteiger partial charge on any atom is -0.294 e. The lowest BCUT2D eigenvalue weighted by Gasteiger charge is -2.11. The van der Waals surface area contributed by atoms with Crippen LogP contribution in [0.4, 0.5) is 0 Å². The minimum absolute atomic E-state index is 0.368. The fourth-order valence-electron chi connectivity index (χ4n) is 1.80. The number of nitriles is 2. The molecule has 3 nitrogen and oxygen atoms in total. The van der Waals surface area contributed by atoms with Gasteiger partial charge in [0.1, 0.15) is 6.04 Å². The highest BCUT2D eigenvalue weighted by Gasteiger charge is 2.09. The van der Waals surface area contributed by atoms with Crippen molar-refractivity contribution in [3.05, 3.63) is 71.3 Å². The van der Waals surface area contributed by atoms with Gasteiger partial charge in [0, 0.05) is 6.54 Å². The van der Waals surface area contributed by atoms with E-state index in [1.54, 1.807) is 12.1 Å². The monoisotopic (exact) mass is 247 g/mol. The van der Waals surface area contributed by atoms with Crippen molar-refractivity contribution in [2.75, 3.05) is 0 Å². The van der Waals surface area contributed by atoms with E-state index in [0.717, 1.165) is 11.1 Å². The molecule has 0 spiro atoms. The van der Waals surface area contributed by atoms with Crippen molar-refractivity contribution >= 4 is 0 Å². The van der Waals surface area contributed by atoms with Gasteiger partial charge in [-0.2, -0.15) is 10.5 Å². The lowest BCUT2D eigenvalue weighted by molar-refractivity contribution is 0.630. The summed E-state index contributed by atoms with van der Waals surface area (Å²) in [6.07, 6.45) is 0. The van der Waals surface area contributed by atoms with Gasteiger partial charge in [-0.15, -0.1) is 0 Å². The first-order valence-corrected chi connectivity index (χ1v) is 6.00. The second kappa shape index (κ2) is 6.35. The summed E-state index contributed by atoms with van der Waals surface area (Å²) in [5, 5.41) is 21.1. The third-order valence-electron chi connectivity index (χ3n) is 2.86. The number of nitrogens with one attached hydrogen (secondary N) is 1. The molecule has 0 heterocycles. The fraction of sp³-hybridized carbons (Fsp3) is 0.125. The maximum Gasteiger partial charge on any atom is 0.121 e. The zero-order valence-electron chi connectivity index (χ0n) is 10.4. The largest absolute Gasteiger partial charge is 0.294 e. The number of nitrogens with zero attached hydrogens (tertiary/aromatic N) is 2. The van der Waals surface area contributed by atoms with Crippen LogP contribution in [0.5, 0.6) is 0 Å². The molecule has 0 bridgehead atoms. The smallest absolute Gasteiger partial charge is 0.121 e. The Balaban J connectivity index is 2.04. The van der Waals surface area contributed by atoms with Crippen molar-refractivity contribution in [2.45, 2.75) is 12.6 Å². The van der Waals surface area contributed by atoms with Crippen LogP contribution in [0.25, 0.3) is 0 Å². The fourth-order valence-corrected chi connectivity index (χ4v) is 1.80. The molecule has 2 aromatic carbocycles. The maximum atomic E-state index is 9.21. The van der Waals surface area contributed by atoms with Crippen molar-refractivity contribution in [3.8, 4) is 12.1 Å². The molecular weight excluding hydrogens is 234 g/mol. The molecule has 92 valence electrons. The van der Waals surface area contributed by atoms with E-state index in [0.29, 0.717) is 12.1 Å². The van der Waals surface area contributed by atoms with E-state index in [1.165, 1.54) is 0 Å². The lowest BCUT2D eigenvalue weighted by Crippen LogP contribution is -2.19. The molecule has 0 fully saturated rings. The van der Waals surface area contributed by atoms with E-state index in [1.807, 2.05) is 42.5 Å². The van der Waals surface area contributed by atoms with Crippen LogP contribution in [-0.4, -0.2) is 0 Å². The summed E-state index contributed by atoms with van der Waals surface area (Å²) in [5.74, 6) is 0. The van der Waals surface area contributed by atoms with E-state index in [9.17, 15) is 5.26 Å². The Morgan fingerprint density at radius 3 is 2.21 bits per heavy atom. The van der Waals surface area contributed by atoms with Gasteiger partial charge in [0.25, 0.3) is 0 Å². The average molecular weight is 247 g/mol. The quantitative estimate of drug-likeness (QED) is 0.903. The molecule has 2 aromatic rings. The second-order valence-corrected chi connectivity index (χ2v) is 4.16. The summed E-state index contributed by atoms with van der Waals surface area (Å²) >= 11 is 0. The summed E-state index contributed by atoms with van der Waals surface area (Å²) in [5.41, 5.74) is 2.61. The van der Waals surface area contributed by atoms with Gasteiger partial charge in [0.15, 0.2) is 0 Å². The average Bonchev–Trinajstić information content (AvgIpc) is 2.49. The van der Waals surface area contributed by atoms with Crippen LogP contribution >= 0.6 is 0 Å². The van der Waals surface area contributed by atoms with Gasteiger partial charge in [-0.25, -0.2) is 0 Å². The van der Waals surface area contributed by atoms with Crippen molar-refractivity contribution in [3.63, 3.8) is 0 Å². The summed E-state index contributed by atoms with van der Waals surface area (Å²) in [7, 11) is 0. The predicted molar refractivity (Wildman–Crippen MR) is 72.8 cm³/mol. The number of rotatable bonds is 4. The molecule has 0 aliphatic carbocycles. The Morgan fingerprint density at radius 1 is 0.947 bits per heavy atom. The Kier molecular flexibility index (Phi) is 4.29. The van der Waals surface area contributed by atoms with Crippen LogP contribution in [-0.2, 0) is 6.54 Å². The lowest BCUT2D eigenvalue weighted by atomic mass is 10.1. The number of hydrogen-bond donors (Lipinski definition) is 1. The summed E-state index contributed by atoms with van der Waals surface area (Å²) in [4.78, 5) is 0. The summed E-state index contributed by atoms with van der Waals surface area (Å²) in [6.45, 7) is 0.638. The molecule has 0 saturated heterocycles. The molecule has 0 amide bonds. The Bertz CT molecular complexity index is 603. The number of benzene rings is 2. The third-order valence-corrected chi connectivity index (χ3v) is 2.86. The normalized spacial score (nSPS) is 11.3. The van der Waals surface area contributed by atoms with Gasteiger partial charge in [-0.05, 0) is 23.3 Å². The van der Waals surface area contributed by atoms with Crippen LogP contribution in [0.2, 0.25) is 0 Å². The zero-order valence-corrected chi connectivity index (χ0v) is 10.4. The number of hydrogen-bond acceptors (Lipinski definition) is 3. The van der Waals surface area contributed by atoms with Gasteiger partial charge >= 0.3 is 0 Å². The zero-order chi connectivity index (χ0) is 13.5. The molecule has 2 rings (SSSR count). The summed E-state index contributed by atoms with van der Waals surface area (Å²) in [6, 6.07) is 20.9. The minimum atomic E-state index is -0.368. The van der Waals surface area contributed by atoms with Crippen molar-refractivity contribution in [2.24, 2.45) is 0 Å². The van der Waals surface area contributed by atoms with Gasteiger partial charge in [0.05, 0.1) is 17.7 Å². The summed E-state index contributed by atoms with van der Waals surface area (Å²) < 4.78 is 0. The highest BCUT2D eigenvalue weighted by Crippen LogP contribution is 2.14. The molecule has 1 atom stereocenters. The van der Waals surface area contributed by atoms with Crippen LogP contribution in [0.3, 0.4) is 0 Å². The molecule has 1 N–H and O–H groups in total. The molecular formula is C16H13N3. The van der Waals surface area contributed by atoms with Crippen molar-refractivity contribution < 1.29 is 0 Å². The Morgan fingerprint density at radius 2 is 1.63 bits per heavy atom. The van der Waals surface area contributed by atoms with E-state index >= 15 is 0 Å². The molecule has 0 radical (unpaired) electrons. The van der Waals surface area contributed by atoms with Crippen LogP contribution in [0.15, 0.2) is 54.6 Å². The Labute approximate surface area is 112 Å². The van der Waals surface area contributed by atoms with Crippen LogP contribution in [0.1, 0.15) is 22.7 Å². The van der Waals surface area contributed by atoms with Crippen LogP contribution < -0.4 is 5.32 Å². The standard InChI is InChI=1S/C16H13N3/c17-10-13-6-8-15(9-7-13)16(11-18)19-12-14-4-2-1-3-5-14/h1-9,16,19H,12H2. The molecule has 0 saturated carbocycles. The van der Waals surface area contributed by atoms with Gasteiger partial charge in [-0.1, -0.05) is 42.5 Å². The van der Waals surface area contributed by atoms with Gasteiger partial charge in [0.2, 0.25) is 0 Å². The first kappa shape index (κ1) is 12.8. The SMILES string of the molecule is N#Cc1ccc(C(C#N)NCc2ccccc2)cc1. The van der Waals surface area contributed by atoms with E-state index < -0.39 is 0 Å². The van der Waals surface area contributed by atoms with Crippen molar-refractivity contribution in [1.82, 2.24) is 5.32 Å². The van der Waals surface area contributed by atoms with E-state index in [4.69, 9.17) is 5.26 Å². The predicted octanol–water partition coefficient (Wildman–Crippen LogP) is 2.91. The molecule has 0 aromatic heterocycles. The highest BCUT2D eigenvalue weighted by molar-refractivity contribution is 5.34. The maximum absolute atomic E-state index is 9.21. The topological polar surface area (TPSA) is 59.6 Å². The second-order valence-electron chi connectivity index (χ2n) is 4.16. The van der Waals surface area contributed by atoms with Crippen LogP contribution in [0, 0.1) is 22.7 Å². The Hall–Kier alpha value is -2.62. The third kappa shape index (κ3) is 3.42. The van der Waals surface area contributed by atoms with Gasteiger partial charge < -0.3 is 0 Å². The van der Waals surface area contributed by atoms with Crippen molar-refractivity contribution in [1.29, 1.82) is 10.5 Å². The molecule has 19 heavy (non-hydrogen) atoms.